The Labute approximate surface area is 326 Å². The van der Waals surface area contributed by atoms with E-state index in [2.05, 4.69) is 58.8 Å². The van der Waals surface area contributed by atoms with Crippen molar-refractivity contribution in [3.8, 4) is 0 Å². The summed E-state index contributed by atoms with van der Waals surface area (Å²) in [6, 6.07) is 8.77. The number of hydrogen-bond donors (Lipinski definition) is 4. The van der Waals surface area contributed by atoms with Crippen molar-refractivity contribution in [2.24, 2.45) is 56.7 Å². The van der Waals surface area contributed by atoms with Crippen LogP contribution in [-0.2, 0) is 14.4 Å². The summed E-state index contributed by atoms with van der Waals surface area (Å²) < 4.78 is 0. The van der Waals surface area contributed by atoms with Crippen molar-refractivity contribution in [3.63, 3.8) is 0 Å². The van der Waals surface area contributed by atoms with Crippen LogP contribution in [0.1, 0.15) is 162 Å². The maximum atomic E-state index is 14.5. The SMILES string of the molecule is C=C(C)[C@@H]1CC[C@]2(C(=O)NCCCCCCCC(=O)NC(CC(=O)O)c3ccccc3)CC[C@]3(C)[C@H](CCC4[C@@]5(C)CC[C@H](O)C(C)(C)[C@@H]5CC[C@]43C)[C@@H]12. The second-order valence-corrected chi connectivity index (χ2v) is 20.1. The van der Waals surface area contributed by atoms with Crippen molar-refractivity contribution in [1.82, 2.24) is 10.6 Å². The van der Waals surface area contributed by atoms with Gasteiger partial charge in [0.2, 0.25) is 11.8 Å². The molecule has 2 unspecified atom stereocenters. The van der Waals surface area contributed by atoms with Gasteiger partial charge in [-0.2, -0.15) is 0 Å². The average molecular weight is 745 g/mol. The van der Waals surface area contributed by atoms with Crippen LogP contribution in [0, 0.1) is 56.7 Å². The van der Waals surface area contributed by atoms with Crippen LogP contribution in [0.15, 0.2) is 42.5 Å². The minimum absolute atomic E-state index is 0.0454. The molecule has 11 atom stereocenters. The molecule has 5 aliphatic carbocycles. The van der Waals surface area contributed by atoms with Gasteiger partial charge in [0.1, 0.15) is 0 Å². The van der Waals surface area contributed by atoms with E-state index in [9.17, 15) is 24.6 Å². The molecule has 0 spiro atoms. The van der Waals surface area contributed by atoms with Gasteiger partial charge in [-0.3, -0.25) is 14.4 Å². The van der Waals surface area contributed by atoms with Gasteiger partial charge in [0, 0.05) is 13.0 Å². The first-order valence-electron chi connectivity index (χ1n) is 21.7. The Morgan fingerprint density at radius 1 is 0.815 bits per heavy atom. The maximum Gasteiger partial charge on any atom is 0.305 e. The van der Waals surface area contributed by atoms with Crippen molar-refractivity contribution in [1.29, 1.82) is 0 Å². The molecule has 0 aliphatic heterocycles. The maximum absolute atomic E-state index is 14.5. The second-order valence-electron chi connectivity index (χ2n) is 20.1. The first kappa shape index (κ1) is 41.0. The number of aliphatic hydroxyl groups excluding tert-OH is 1. The summed E-state index contributed by atoms with van der Waals surface area (Å²) in [4.78, 5) is 38.5. The molecule has 1 aromatic rings. The largest absolute Gasteiger partial charge is 0.481 e. The summed E-state index contributed by atoms with van der Waals surface area (Å²) in [5.74, 6) is 1.73. The highest BCUT2D eigenvalue weighted by atomic mass is 16.4. The first-order valence-corrected chi connectivity index (χ1v) is 21.7. The Balaban J connectivity index is 1.03. The number of carbonyl (C=O) groups is 3. The number of hydrogen-bond acceptors (Lipinski definition) is 4. The van der Waals surface area contributed by atoms with E-state index in [1.807, 2.05) is 30.3 Å². The normalized spacial score (nSPS) is 38.5. The van der Waals surface area contributed by atoms with E-state index in [-0.39, 0.29) is 51.4 Å². The summed E-state index contributed by atoms with van der Waals surface area (Å²) in [7, 11) is 0. The average Bonchev–Trinajstić information content (AvgIpc) is 3.53. The number of unbranched alkanes of at least 4 members (excludes halogenated alkanes) is 4. The molecule has 0 heterocycles. The van der Waals surface area contributed by atoms with Gasteiger partial charge in [0.25, 0.3) is 0 Å². The predicted molar refractivity (Wildman–Crippen MR) is 215 cm³/mol. The van der Waals surface area contributed by atoms with E-state index in [1.165, 1.54) is 31.3 Å². The highest BCUT2D eigenvalue weighted by Crippen LogP contribution is 2.77. The van der Waals surface area contributed by atoms with E-state index in [0.29, 0.717) is 42.6 Å². The van der Waals surface area contributed by atoms with Gasteiger partial charge >= 0.3 is 5.97 Å². The number of benzene rings is 1. The molecule has 5 fully saturated rings. The van der Waals surface area contributed by atoms with Crippen molar-refractivity contribution in [2.75, 3.05) is 6.54 Å². The second kappa shape index (κ2) is 15.7. The van der Waals surface area contributed by atoms with Gasteiger partial charge in [0.05, 0.1) is 24.0 Å². The van der Waals surface area contributed by atoms with Crippen LogP contribution in [0.5, 0.6) is 0 Å². The number of carboxylic acid groups (broad SMARTS) is 1. The topological polar surface area (TPSA) is 116 Å². The number of allylic oxidation sites excluding steroid dienone is 1. The molecule has 5 aliphatic rings. The van der Waals surface area contributed by atoms with E-state index in [0.717, 1.165) is 76.2 Å². The summed E-state index contributed by atoms with van der Waals surface area (Å²) >= 11 is 0. The lowest BCUT2D eigenvalue weighted by Gasteiger charge is -2.72. The molecular weight excluding hydrogens is 673 g/mol. The van der Waals surface area contributed by atoms with Crippen molar-refractivity contribution < 1.29 is 24.6 Å². The molecular formula is C47H72N2O5. The van der Waals surface area contributed by atoms with Crippen molar-refractivity contribution in [2.45, 2.75) is 163 Å². The summed E-state index contributed by atoms with van der Waals surface area (Å²) in [6.45, 7) is 20.0. The summed E-state index contributed by atoms with van der Waals surface area (Å²) in [5.41, 5.74) is 2.38. The van der Waals surface area contributed by atoms with Crippen LogP contribution in [0.3, 0.4) is 0 Å². The van der Waals surface area contributed by atoms with Crippen LogP contribution >= 0.6 is 0 Å². The Kier molecular flexibility index (Phi) is 11.9. The number of carboxylic acids is 1. The van der Waals surface area contributed by atoms with Gasteiger partial charge < -0.3 is 20.8 Å². The molecule has 4 N–H and O–H groups in total. The highest BCUT2D eigenvalue weighted by molar-refractivity contribution is 5.84. The zero-order valence-electron chi connectivity index (χ0n) is 34.5. The Hall–Kier alpha value is -2.67. The van der Waals surface area contributed by atoms with Gasteiger partial charge in [-0.05, 0) is 141 Å². The van der Waals surface area contributed by atoms with Crippen LogP contribution in [0.2, 0.25) is 0 Å². The number of nitrogens with one attached hydrogen (secondary N) is 2. The minimum Gasteiger partial charge on any atom is -0.481 e. The van der Waals surface area contributed by atoms with Crippen molar-refractivity contribution >= 4 is 17.8 Å². The molecule has 300 valence electrons. The smallest absolute Gasteiger partial charge is 0.305 e. The van der Waals surface area contributed by atoms with Gasteiger partial charge in [-0.1, -0.05) is 96.4 Å². The number of aliphatic hydroxyl groups is 1. The minimum atomic E-state index is -0.934. The number of amides is 2. The summed E-state index contributed by atoms with van der Waals surface area (Å²) in [6.07, 6.45) is 15.7. The van der Waals surface area contributed by atoms with E-state index >= 15 is 0 Å². The third kappa shape index (κ3) is 7.11. The third-order valence-corrected chi connectivity index (χ3v) is 17.3. The Bertz CT molecular complexity index is 1540. The monoisotopic (exact) mass is 745 g/mol. The molecule has 0 bridgehead atoms. The molecule has 0 saturated heterocycles. The van der Waals surface area contributed by atoms with Gasteiger partial charge in [-0.25, -0.2) is 0 Å². The molecule has 6 rings (SSSR count). The molecule has 0 radical (unpaired) electrons. The van der Waals surface area contributed by atoms with Crippen LogP contribution in [0.25, 0.3) is 0 Å². The number of carbonyl (C=O) groups excluding carboxylic acids is 2. The fraction of sp³-hybridized carbons (Fsp3) is 0.766. The van der Waals surface area contributed by atoms with Gasteiger partial charge in [-0.15, -0.1) is 0 Å². The van der Waals surface area contributed by atoms with Crippen molar-refractivity contribution in [3.05, 3.63) is 48.0 Å². The first-order chi connectivity index (χ1) is 25.5. The lowest BCUT2D eigenvalue weighted by Crippen LogP contribution is -2.67. The van der Waals surface area contributed by atoms with E-state index < -0.39 is 12.0 Å². The van der Waals surface area contributed by atoms with Crippen LogP contribution in [0.4, 0.5) is 0 Å². The number of aliphatic carboxylic acids is 1. The van der Waals surface area contributed by atoms with Crippen LogP contribution in [-0.4, -0.2) is 40.6 Å². The molecule has 5 saturated carbocycles. The fourth-order valence-electron chi connectivity index (χ4n) is 14.2. The van der Waals surface area contributed by atoms with Crippen LogP contribution < -0.4 is 10.6 Å². The van der Waals surface area contributed by atoms with E-state index in [1.54, 1.807) is 0 Å². The Morgan fingerprint density at radius 3 is 2.22 bits per heavy atom. The third-order valence-electron chi connectivity index (χ3n) is 17.3. The quantitative estimate of drug-likeness (QED) is 0.112. The lowest BCUT2D eigenvalue weighted by atomic mass is 9.32. The molecule has 7 nitrogen and oxygen atoms in total. The zero-order valence-corrected chi connectivity index (χ0v) is 34.5. The van der Waals surface area contributed by atoms with E-state index in [4.69, 9.17) is 0 Å². The Morgan fingerprint density at radius 2 is 1.52 bits per heavy atom. The number of rotatable bonds is 14. The number of fused-ring (bicyclic) bond motifs is 7. The predicted octanol–water partition coefficient (Wildman–Crippen LogP) is 9.79. The summed E-state index contributed by atoms with van der Waals surface area (Å²) in [5, 5.41) is 26.8. The zero-order chi connectivity index (χ0) is 39.1. The molecule has 54 heavy (non-hydrogen) atoms. The standard InChI is InChI=1S/C47H72N2O5/c1-31(2)33-21-26-47(42(54)48-29-15-10-8-9-14-18-39(51)49-35(30-40(52)53)32-16-12-11-13-17-32)28-27-45(6)34(41(33)47)19-20-37-44(5)24-23-38(50)43(3,4)36(44)22-25-46(37,45)7/h11-13,16-17,33-38,41,50H,1,8-10,14-15,18-30H2,2-7H3,(H,48,54)(H,49,51)(H,52,53)/t33-,34+,35?,36-,37?,38-,41+,44-,45+,46+,47-/m0/s1. The fourth-order valence-corrected chi connectivity index (χ4v) is 14.2. The molecule has 0 aromatic heterocycles. The molecule has 1 aromatic carbocycles. The molecule has 2 amide bonds. The van der Waals surface area contributed by atoms with Gasteiger partial charge in [0.15, 0.2) is 0 Å². The highest BCUT2D eigenvalue weighted by Gasteiger charge is 2.71. The molecule has 7 heteroatoms. The lowest BCUT2D eigenvalue weighted by molar-refractivity contribution is -0.246.